The van der Waals surface area contributed by atoms with E-state index < -0.39 is 0 Å². The highest BCUT2D eigenvalue weighted by Crippen LogP contribution is 2.18. The van der Waals surface area contributed by atoms with E-state index in [1.54, 1.807) is 0 Å². The Kier molecular flexibility index (Phi) is 2.67. The number of anilines is 1. The number of nitrogens with zero attached hydrogens (tertiary/aromatic N) is 3. The van der Waals surface area contributed by atoms with Gasteiger partial charge in [-0.25, -0.2) is 0 Å². The van der Waals surface area contributed by atoms with E-state index >= 15 is 0 Å². The quantitative estimate of drug-likeness (QED) is 0.774. The van der Waals surface area contributed by atoms with Crippen molar-refractivity contribution in [2.75, 3.05) is 5.73 Å². The summed E-state index contributed by atoms with van der Waals surface area (Å²) in [7, 11) is 0. The molecular formula is C11H14N4. The van der Waals surface area contributed by atoms with Gasteiger partial charge in [0.1, 0.15) is 5.69 Å². The summed E-state index contributed by atoms with van der Waals surface area (Å²) in [6.07, 6.45) is 3.00. The summed E-state index contributed by atoms with van der Waals surface area (Å²) in [5, 5.41) is 8.14. The molecule has 0 radical (unpaired) electrons. The van der Waals surface area contributed by atoms with E-state index in [4.69, 9.17) is 5.73 Å². The first-order valence-electron chi connectivity index (χ1n) is 5.05. The monoisotopic (exact) mass is 202 g/mol. The molecule has 4 heteroatoms. The largest absolute Gasteiger partial charge is 0.399 e. The van der Waals surface area contributed by atoms with Gasteiger partial charge in [-0.2, -0.15) is 0 Å². The van der Waals surface area contributed by atoms with Crippen LogP contribution < -0.4 is 5.73 Å². The van der Waals surface area contributed by atoms with Gasteiger partial charge >= 0.3 is 0 Å². The summed E-state index contributed by atoms with van der Waals surface area (Å²) >= 11 is 0. The van der Waals surface area contributed by atoms with E-state index in [9.17, 15) is 0 Å². The highest BCUT2D eigenvalue weighted by molar-refractivity contribution is 5.62. The van der Waals surface area contributed by atoms with Crippen LogP contribution in [-0.4, -0.2) is 15.0 Å². The van der Waals surface area contributed by atoms with Crippen LogP contribution in [0.25, 0.3) is 11.3 Å². The molecule has 15 heavy (non-hydrogen) atoms. The smallest absolute Gasteiger partial charge is 0.113 e. The van der Waals surface area contributed by atoms with E-state index in [1.165, 1.54) is 0 Å². The molecular weight excluding hydrogens is 188 g/mol. The second kappa shape index (κ2) is 4.13. The molecule has 0 saturated carbocycles. The third-order valence-electron chi connectivity index (χ3n) is 2.17. The second-order valence-electron chi connectivity index (χ2n) is 3.49. The molecule has 0 saturated heterocycles. The normalized spacial score (nSPS) is 10.5. The van der Waals surface area contributed by atoms with Crippen molar-refractivity contribution in [1.29, 1.82) is 0 Å². The highest BCUT2D eigenvalue weighted by atomic mass is 15.4. The molecule has 0 bridgehead atoms. The molecule has 0 aliphatic heterocycles. The molecule has 2 rings (SSSR count). The first-order chi connectivity index (χ1) is 7.29. The summed E-state index contributed by atoms with van der Waals surface area (Å²) in [5.41, 5.74) is 8.34. The van der Waals surface area contributed by atoms with Gasteiger partial charge in [0.05, 0.1) is 6.20 Å². The van der Waals surface area contributed by atoms with Gasteiger partial charge in [0, 0.05) is 17.8 Å². The fraction of sp³-hybridized carbons (Fsp3) is 0.273. The number of hydrogen-bond donors (Lipinski definition) is 1. The molecule has 4 nitrogen and oxygen atoms in total. The minimum absolute atomic E-state index is 0.748. The molecule has 0 spiro atoms. The Morgan fingerprint density at radius 2 is 2.27 bits per heavy atom. The van der Waals surface area contributed by atoms with Gasteiger partial charge in [0.25, 0.3) is 0 Å². The fourth-order valence-electron chi connectivity index (χ4n) is 1.47. The van der Waals surface area contributed by atoms with E-state index in [0.717, 1.165) is 29.9 Å². The van der Waals surface area contributed by atoms with Crippen molar-refractivity contribution in [3.63, 3.8) is 0 Å². The van der Waals surface area contributed by atoms with Crippen LogP contribution in [0.15, 0.2) is 30.5 Å². The molecule has 1 aromatic carbocycles. The Morgan fingerprint density at radius 3 is 3.00 bits per heavy atom. The third kappa shape index (κ3) is 2.15. The molecule has 0 aliphatic rings. The summed E-state index contributed by atoms with van der Waals surface area (Å²) in [6, 6.07) is 7.67. The van der Waals surface area contributed by atoms with Crippen LogP contribution in [0.3, 0.4) is 0 Å². The summed E-state index contributed by atoms with van der Waals surface area (Å²) in [6.45, 7) is 3.01. The zero-order chi connectivity index (χ0) is 10.7. The van der Waals surface area contributed by atoms with Crippen LogP contribution in [0.2, 0.25) is 0 Å². The third-order valence-corrected chi connectivity index (χ3v) is 2.17. The number of benzene rings is 1. The van der Waals surface area contributed by atoms with Crippen LogP contribution in [0, 0.1) is 0 Å². The van der Waals surface area contributed by atoms with Crippen molar-refractivity contribution in [2.24, 2.45) is 0 Å². The average Bonchev–Trinajstić information content (AvgIpc) is 2.67. The van der Waals surface area contributed by atoms with Crippen LogP contribution in [0.1, 0.15) is 13.3 Å². The molecule has 0 amide bonds. The van der Waals surface area contributed by atoms with Crippen LogP contribution in [-0.2, 0) is 6.54 Å². The van der Waals surface area contributed by atoms with Crippen molar-refractivity contribution >= 4 is 5.69 Å². The van der Waals surface area contributed by atoms with Crippen molar-refractivity contribution in [2.45, 2.75) is 19.9 Å². The van der Waals surface area contributed by atoms with Gasteiger partial charge in [0.2, 0.25) is 0 Å². The Bertz CT molecular complexity index is 447. The van der Waals surface area contributed by atoms with Crippen LogP contribution in [0.4, 0.5) is 5.69 Å². The SMILES string of the molecule is CCCn1cc(-c2cccc(N)c2)nn1. The molecule has 1 heterocycles. The molecule has 0 atom stereocenters. The van der Waals surface area contributed by atoms with E-state index in [2.05, 4.69) is 17.2 Å². The van der Waals surface area contributed by atoms with Crippen LogP contribution in [0.5, 0.6) is 0 Å². The Labute approximate surface area is 88.7 Å². The molecule has 0 fully saturated rings. The minimum atomic E-state index is 0.748. The van der Waals surface area contributed by atoms with Gasteiger partial charge in [-0.3, -0.25) is 4.68 Å². The maximum Gasteiger partial charge on any atom is 0.113 e. The predicted molar refractivity (Wildman–Crippen MR) is 60.2 cm³/mol. The maximum atomic E-state index is 5.71. The first-order valence-corrected chi connectivity index (χ1v) is 5.05. The highest BCUT2D eigenvalue weighted by Gasteiger charge is 2.02. The lowest BCUT2D eigenvalue weighted by Gasteiger charge is -1.97. The Morgan fingerprint density at radius 1 is 1.40 bits per heavy atom. The molecule has 0 unspecified atom stereocenters. The van der Waals surface area contributed by atoms with Gasteiger partial charge in [-0.15, -0.1) is 5.10 Å². The Hall–Kier alpha value is -1.84. The van der Waals surface area contributed by atoms with Gasteiger partial charge < -0.3 is 5.73 Å². The minimum Gasteiger partial charge on any atom is -0.399 e. The number of aromatic nitrogens is 3. The molecule has 0 aliphatic carbocycles. The summed E-state index contributed by atoms with van der Waals surface area (Å²) < 4.78 is 1.85. The topological polar surface area (TPSA) is 56.7 Å². The second-order valence-corrected chi connectivity index (χ2v) is 3.49. The molecule has 78 valence electrons. The van der Waals surface area contributed by atoms with Crippen molar-refractivity contribution in [3.8, 4) is 11.3 Å². The average molecular weight is 202 g/mol. The lowest BCUT2D eigenvalue weighted by Crippen LogP contribution is -1.96. The van der Waals surface area contributed by atoms with Crippen molar-refractivity contribution < 1.29 is 0 Å². The standard InChI is InChI=1S/C11H14N4/c1-2-6-15-8-11(13-14-15)9-4-3-5-10(12)7-9/h3-5,7-8H,2,6,12H2,1H3. The molecule has 2 aromatic rings. The lowest BCUT2D eigenvalue weighted by molar-refractivity contribution is 0.579. The molecule has 1 aromatic heterocycles. The van der Waals surface area contributed by atoms with E-state index in [-0.39, 0.29) is 0 Å². The van der Waals surface area contributed by atoms with Gasteiger partial charge in [-0.1, -0.05) is 24.3 Å². The lowest BCUT2D eigenvalue weighted by atomic mass is 10.1. The van der Waals surface area contributed by atoms with E-state index in [1.807, 2.05) is 35.1 Å². The fourth-order valence-corrected chi connectivity index (χ4v) is 1.47. The number of nitrogen functional groups attached to an aromatic ring is 1. The predicted octanol–water partition coefficient (Wildman–Crippen LogP) is 1.94. The number of nitrogens with two attached hydrogens (primary N) is 1. The zero-order valence-corrected chi connectivity index (χ0v) is 8.72. The number of hydrogen-bond acceptors (Lipinski definition) is 3. The van der Waals surface area contributed by atoms with E-state index in [0.29, 0.717) is 0 Å². The molecule has 2 N–H and O–H groups in total. The first kappa shape index (κ1) is 9.71. The van der Waals surface area contributed by atoms with Gasteiger partial charge in [-0.05, 0) is 18.6 Å². The maximum absolute atomic E-state index is 5.71. The van der Waals surface area contributed by atoms with Crippen molar-refractivity contribution in [3.05, 3.63) is 30.5 Å². The summed E-state index contributed by atoms with van der Waals surface area (Å²) in [4.78, 5) is 0. The number of rotatable bonds is 3. The zero-order valence-electron chi connectivity index (χ0n) is 8.72. The number of aryl methyl sites for hydroxylation is 1. The van der Waals surface area contributed by atoms with Gasteiger partial charge in [0.15, 0.2) is 0 Å². The van der Waals surface area contributed by atoms with Crippen LogP contribution >= 0.6 is 0 Å². The van der Waals surface area contributed by atoms with Crippen molar-refractivity contribution in [1.82, 2.24) is 15.0 Å². The summed E-state index contributed by atoms with van der Waals surface area (Å²) in [5.74, 6) is 0. The Balaban J connectivity index is 2.29.